The van der Waals surface area contributed by atoms with Crippen LogP contribution in [-0.2, 0) is 0 Å². The van der Waals surface area contributed by atoms with Gasteiger partial charge >= 0.3 is 0 Å². The number of nitrogens with two attached hydrogens (primary N) is 1. The highest BCUT2D eigenvalue weighted by molar-refractivity contribution is 5.54. The maximum Gasteiger partial charge on any atom is 0.263 e. The van der Waals surface area contributed by atoms with Gasteiger partial charge in [-0.05, 0) is 0 Å². The molecule has 14 heavy (non-hydrogen) atoms. The molecule has 0 radical (unpaired) electrons. The van der Waals surface area contributed by atoms with Gasteiger partial charge < -0.3 is 14.9 Å². The molecule has 0 unspecified atom stereocenters. The molecule has 0 amide bonds. The summed E-state index contributed by atoms with van der Waals surface area (Å²) in [6.45, 7) is 0.109. The van der Waals surface area contributed by atoms with E-state index < -0.39 is 0 Å². The van der Waals surface area contributed by atoms with E-state index in [2.05, 4.69) is 21.3 Å². The van der Waals surface area contributed by atoms with E-state index in [1.807, 2.05) is 0 Å². The maximum atomic E-state index is 5.21. The topological polar surface area (TPSA) is 82.3 Å². The van der Waals surface area contributed by atoms with Gasteiger partial charge in [-0.25, -0.2) is 10.8 Å². The van der Waals surface area contributed by atoms with Crippen molar-refractivity contribution >= 4 is 5.82 Å². The zero-order valence-corrected chi connectivity index (χ0v) is 7.65. The number of hydrazine groups is 1. The number of aromatic nitrogens is 2. The monoisotopic (exact) mass is 194 g/mol. The molecule has 6 nitrogen and oxygen atoms in total. The smallest absolute Gasteiger partial charge is 0.263 e. The van der Waals surface area contributed by atoms with Crippen LogP contribution in [0.5, 0.6) is 11.6 Å². The van der Waals surface area contributed by atoms with Crippen LogP contribution in [0, 0.1) is 12.3 Å². The summed E-state index contributed by atoms with van der Waals surface area (Å²) >= 11 is 0. The Morgan fingerprint density at radius 3 is 3.00 bits per heavy atom. The Balaban J connectivity index is 2.97. The number of anilines is 1. The fourth-order valence-corrected chi connectivity index (χ4v) is 0.857. The van der Waals surface area contributed by atoms with E-state index in [0.29, 0.717) is 11.6 Å². The van der Waals surface area contributed by atoms with E-state index >= 15 is 0 Å². The Morgan fingerprint density at radius 2 is 2.43 bits per heavy atom. The summed E-state index contributed by atoms with van der Waals surface area (Å²) in [6, 6.07) is 0. The van der Waals surface area contributed by atoms with Gasteiger partial charge in [0, 0.05) is 0 Å². The number of hydrogen-bond acceptors (Lipinski definition) is 6. The minimum absolute atomic E-state index is 0.109. The molecule has 0 saturated carbocycles. The van der Waals surface area contributed by atoms with Gasteiger partial charge in [-0.1, -0.05) is 5.92 Å². The van der Waals surface area contributed by atoms with Gasteiger partial charge in [0.25, 0.3) is 5.88 Å². The van der Waals surface area contributed by atoms with Crippen LogP contribution in [0.15, 0.2) is 6.33 Å². The van der Waals surface area contributed by atoms with Crippen LogP contribution in [0.2, 0.25) is 0 Å². The van der Waals surface area contributed by atoms with Crippen molar-refractivity contribution in [1.29, 1.82) is 0 Å². The Labute approximate surface area is 81.4 Å². The van der Waals surface area contributed by atoms with E-state index in [1.54, 1.807) is 0 Å². The van der Waals surface area contributed by atoms with Gasteiger partial charge in [0.1, 0.15) is 6.33 Å². The van der Waals surface area contributed by atoms with Gasteiger partial charge in [-0.15, -0.1) is 6.42 Å². The molecule has 0 atom stereocenters. The molecule has 0 fully saturated rings. The minimum atomic E-state index is 0.109. The standard InChI is InChI=1S/C8H10N4O2/c1-3-4-14-8-6(13-2)7(12-9)10-5-11-8/h1,5H,4,9H2,2H3,(H,10,11,12). The number of nitrogens with zero attached hydrogens (tertiary/aromatic N) is 2. The van der Waals surface area contributed by atoms with Crippen molar-refractivity contribution in [3.63, 3.8) is 0 Å². The van der Waals surface area contributed by atoms with Crippen LogP contribution >= 0.6 is 0 Å². The van der Waals surface area contributed by atoms with E-state index in [-0.39, 0.29) is 12.5 Å². The highest BCUT2D eigenvalue weighted by Crippen LogP contribution is 2.29. The summed E-state index contributed by atoms with van der Waals surface area (Å²) < 4.78 is 10.1. The lowest BCUT2D eigenvalue weighted by Crippen LogP contribution is -2.11. The van der Waals surface area contributed by atoms with Crippen molar-refractivity contribution in [2.75, 3.05) is 19.1 Å². The molecule has 1 aromatic heterocycles. The number of terminal acetylenes is 1. The second-order valence-corrected chi connectivity index (χ2v) is 2.20. The van der Waals surface area contributed by atoms with Gasteiger partial charge in [0.05, 0.1) is 7.11 Å². The van der Waals surface area contributed by atoms with Crippen LogP contribution in [0.25, 0.3) is 0 Å². The lowest BCUT2D eigenvalue weighted by atomic mass is 10.5. The third kappa shape index (κ3) is 2.02. The Kier molecular flexibility index (Phi) is 3.52. The van der Waals surface area contributed by atoms with Gasteiger partial charge in [-0.2, -0.15) is 4.98 Å². The van der Waals surface area contributed by atoms with Gasteiger partial charge in [-0.3, -0.25) is 0 Å². The molecule has 0 bridgehead atoms. The molecule has 1 heterocycles. The van der Waals surface area contributed by atoms with Crippen molar-refractivity contribution < 1.29 is 9.47 Å². The Hall–Kier alpha value is -2.00. The summed E-state index contributed by atoms with van der Waals surface area (Å²) in [6.07, 6.45) is 6.33. The third-order valence-electron chi connectivity index (χ3n) is 1.40. The summed E-state index contributed by atoms with van der Waals surface area (Å²) in [5, 5.41) is 0. The average molecular weight is 194 g/mol. The molecule has 6 heteroatoms. The quantitative estimate of drug-likeness (QED) is 0.392. The van der Waals surface area contributed by atoms with Crippen molar-refractivity contribution in [3.05, 3.63) is 6.33 Å². The fourth-order valence-electron chi connectivity index (χ4n) is 0.857. The van der Waals surface area contributed by atoms with E-state index in [0.717, 1.165) is 0 Å². The zero-order chi connectivity index (χ0) is 10.4. The predicted molar refractivity (Wildman–Crippen MR) is 50.7 cm³/mol. The van der Waals surface area contributed by atoms with Crippen molar-refractivity contribution in [2.24, 2.45) is 5.84 Å². The molecule has 0 saturated heterocycles. The minimum Gasteiger partial charge on any atom is -0.489 e. The lowest BCUT2D eigenvalue weighted by molar-refractivity contribution is 0.317. The molecule has 1 aromatic rings. The number of ether oxygens (including phenoxy) is 2. The molecule has 0 aliphatic heterocycles. The van der Waals surface area contributed by atoms with Gasteiger partial charge in [0.2, 0.25) is 5.75 Å². The third-order valence-corrected chi connectivity index (χ3v) is 1.40. The second-order valence-electron chi connectivity index (χ2n) is 2.20. The fraction of sp³-hybridized carbons (Fsp3) is 0.250. The molecule has 0 aromatic carbocycles. The summed E-state index contributed by atoms with van der Waals surface area (Å²) in [5.74, 6) is 8.45. The first-order valence-electron chi connectivity index (χ1n) is 3.75. The Bertz CT molecular complexity index is 348. The highest BCUT2D eigenvalue weighted by atomic mass is 16.5. The molecule has 0 aliphatic carbocycles. The number of rotatable bonds is 4. The normalized spacial score (nSPS) is 8.93. The summed E-state index contributed by atoms with van der Waals surface area (Å²) in [7, 11) is 1.46. The highest BCUT2D eigenvalue weighted by Gasteiger charge is 2.11. The van der Waals surface area contributed by atoms with Crippen LogP contribution in [0.4, 0.5) is 5.82 Å². The van der Waals surface area contributed by atoms with Crippen LogP contribution in [0.3, 0.4) is 0 Å². The second kappa shape index (κ2) is 4.89. The van der Waals surface area contributed by atoms with Crippen LogP contribution < -0.4 is 20.7 Å². The molecule has 0 spiro atoms. The number of hydrogen-bond donors (Lipinski definition) is 2. The van der Waals surface area contributed by atoms with E-state index in [1.165, 1.54) is 13.4 Å². The van der Waals surface area contributed by atoms with Crippen molar-refractivity contribution in [3.8, 4) is 24.0 Å². The van der Waals surface area contributed by atoms with Crippen molar-refractivity contribution in [2.45, 2.75) is 0 Å². The number of nitrogens with one attached hydrogen (secondary N) is 1. The molecular formula is C8H10N4O2. The summed E-state index contributed by atoms with van der Waals surface area (Å²) in [5.41, 5.74) is 2.36. The van der Waals surface area contributed by atoms with Crippen LogP contribution in [-0.4, -0.2) is 23.7 Å². The number of nitrogen functional groups attached to an aromatic ring is 1. The predicted octanol–water partition coefficient (Wildman–Crippen LogP) is -0.217. The molecule has 1 rings (SSSR count). The molecule has 0 aliphatic rings. The number of methoxy groups -OCH3 is 1. The Morgan fingerprint density at radius 1 is 1.64 bits per heavy atom. The zero-order valence-electron chi connectivity index (χ0n) is 7.65. The average Bonchev–Trinajstić information content (AvgIpc) is 2.25. The van der Waals surface area contributed by atoms with Gasteiger partial charge in [0.15, 0.2) is 12.4 Å². The molecule has 74 valence electrons. The van der Waals surface area contributed by atoms with Crippen molar-refractivity contribution in [1.82, 2.24) is 9.97 Å². The first-order chi connectivity index (χ1) is 6.83. The first kappa shape index (κ1) is 10.1. The lowest BCUT2D eigenvalue weighted by Gasteiger charge is -2.09. The first-order valence-corrected chi connectivity index (χ1v) is 3.75. The largest absolute Gasteiger partial charge is 0.489 e. The maximum absolute atomic E-state index is 5.21. The van der Waals surface area contributed by atoms with Crippen LogP contribution in [0.1, 0.15) is 0 Å². The van der Waals surface area contributed by atoms with E-state index in [9.17, 15) is 0 Å². The molecule has 3 N–H and O–H groups in total. The molecular weight excluding hydrogens is 184 g/mol. The SMILES string of the molecule is C#CCOc1ncnc(NN)c1OC. The summed E-state index contributed by atoms with van der Waals surface area (Å²) in [4.78, 5) is 7.68. The van der Waals surface area contributed by atoms with E-state index in [4.69, 9.17) is 21.7 Å².